The van der Waals surface area contributed by atoms with Crippen molar-refractivity contribution < 1.29 is 9.57 Å². The minimum Gasteiger partial charge on any atom is -0.489 e. The van der Waals surface area contributed by atoms with Gasteiger partial charge in [0, 0.05) is 0 Å². The zero-order valence-electron chi connectivity index (χ0n) is 8.32. The van der Waals surface area contributed by atoms with Gasteiger partial charge in [0.1, 0.15) is 12.4 Å². The van der Waals surface area contributed by atoms with Crippen molar-refractivity contribution in [2.24, 2.45) is 5.90 Å². The molecular formula is C11H15NO2. The van der Waals surface area contributed by atoms with Crippen LogP contribution < -0.4 is 10.6 Å². The fourth-order valence-corrected chi connectivity index (χ4v) is 0.985. The molecule has 3 nitrogen and oxygen atoms in total. The van der Waals surface area contributed by atoms with Gasteiger partial charge < -0.3 is 4.74 Å². The zero-order chi connectivity index (χ0) is 10.4. The van der Waals surface area contributed by atoms with Crippen LogP contribution in [0.3, 0.4) is 0 Å². The van der Waals surface area contributed by atoms with Crippen molar-refractivity contribution in [2.75, 3.05) is 6.61 Å². The number of hydrogen-bond donors (Lipinski definition) is 1. The summed E-state index contributed by atoms with van der Waals surface area (Å²) in [5.74, 6) is 5.78. The van der Waals surface area contributed by atoms with E-state index in [2.05, 4.69) is 11.4 Å². The molecule has 0 aliphatic heterocycles. The number of benzene rings is 1. The third kappa shape index (κ3) is 3.60. The third-order valence-corrected chi connectivity index (χ3v) is 1.66. The summed E-state index contributed by atoms with van der Waals surface area (Å²) in [4.78, 5) is 4.51. The van der Waals surface area contributed by atoms with Crippen molar-refractivity contribution in [3.63, 3.8) is 0 Å². The van der Waals surface area contributed by atoms with E-state index in [1.807, 2.05) is 31.2 Å². The number of rotatable bonds is 5. The Morgan fingerprint density at radius 3 is 2.50 bits per heavy atom. The lowest BCUT2D eigenvalue weighted by atomic mass is 10.2. The van der Waals surface area contributed by atoms with Gasteiger partial charge in [-0.2, -0.15) is 0 Å². The van der Waals surface area contributed by atoms with Crippen molar-refractivity contribution in [3.05, 3.63) is 42.0 Å². The molecule has 0 aromatic heterocycles. The molecule has 0 spiro atoms. The molecule has 1 aromatic rings. The molecule has 0 amide bonds. The lowest BCUT2D eigenvalue weighted by molar-refractivity contribution is 0.124. The summed E-state index contributed by atoms with van der Waals surface area (Å²) in [6.07, 6.45) is 0. The van der Waals surface area contributed by atoms with Crippen LogP contribution in [0.25, 0.3) is 0 Å². The van der Waals surface area contributed by atoms with E-state index in [1.165, 1.54) is 0 Å². The van der Waals surface area contributed by atoms with E-state index in [-0.39, 0.29) is 0 Å². The fourth-order valence-electron chi connectivity index (χ4n) is 0.985. The third-order valence-electron chi connectivity index (χ3n) is 1.66. The predicted molar refractivity (Wildman–Crippen MR) is 55.7 cm³/mol. The summed E-state index contributed by atoms with van der Waals surface area (Å²) in [6.45, 7) is 6.65. The van der Waals surface area contributed by atoms with Crippen LogP contribution in [0, 0.1) is 0 Å². The number of ether oxygens (including phenoxy) is 1. The van der Waals surface area contributed by atoms with E-state index in [9.17, 15) is 0 Å². The molecule has 0 unspecified atom stereocenters. The van der Waals surface area contributed by atoms with Crippen molar-refractivity contribution in [2.45, 2.75) is 13.5 Å². The zero-order valence-corrected chi connectivity index (χ0v) is 8.32. The SMILES string of the molecule is C=C(C)COc1ccc(CON)cc1. The summed E-state index contributed by atoms with van der Waals surface area (Å²) < 4.78 is 5.43. The van der Waals surface area contributed by atoms with Crippen LogP contribution >= 0.6 is 0 Å². The molecule has 76 valence electrons. The Balaban J connectivity index is 2.50. The van der Waals surface area contributed by atoms with Gasteiger partial charge in [-0.3, -0.25) is 4.84 Å². The van der Waals surface area contributed by atoms with Gasteiger partial charge in [-0.1, -0.05) is 18.7 Å². The average molecular weight is 193 g/mol. The van der Waals surface area contributed by atoms with Gasteiger partial charge in [-0.25, -0.2) is 5.90 Å². The standard InChI is InChI=1S/C11H15NO2/c1-9(2)7-13-11-5-3-10(4-6-11)8-14-12/h3-6H,1,7-8,12H2,2H3. The normalized spacial score (nSPS) is 9.86. The lowest BCUT2D eigenvalue weighted by Crippen LogP contribution is -2.00. The summed E-state index contributed by atoms with van der Waals surface area (Å²) in [7, 11) is 0. The van der Waals surface area contributed by atoms with Gasteiger partial charge >= 0.3 is 0 Å². The highest BCUT2D eigenvalue weighted by atomic mass is 16.6. The first-order valence-electron chi connectivity index (χ1n) is 4.40. The first-order valence-corrected chi connectivity index (χ1v) is 4.40. The molecule has 3 heteroatoms. The van der Waals surface area contributed by atoms with Crippen molar-refractivity contribution >= 4 is 0 Å². The maximum atomic E-state index is 5.43. The second kappa shape index (κ2) is 5.42. The first-order chi connectivity index (χ1) is 6.72. The van der Waals surface area contributed by atoms with Crippen LogP contribution in [0.2, 0.25) is 0 Å². The highest BCUT2D eigenvalue weighted by Crippen LogP contribution is 2.13. The quantitative estimate of drug-likeness (QED) is 0.575. The minimum atomic E-state index is 0.417. The average Bonchev–Trinajstić information content (AvgIpc) is 2.17. The molecule has 0 atom stereocenters. The molecule has 0 fully saturated rings. The maximum absolute atomic E-state index is 5.43. The van der Waals surface area contributed by atoms with Crippen LogP contribution in [0.4, 0.5) is 0 Å². The molecule has 1 aromatic carbocycles. The Hall–Kier alpha value is -1.32. The van der Waals surface area contributed by atoms with Gasteiger partial charge in [0.05, 0.1) is 6.61 Å². The topological polar surface area (TPSA) is 44.5 Å². The van der Waals surface area contributed by atoms with Gasteiger partial charge in [0.15, 0.2) is 0 Å². The smallest absolute Gasteiger partial charge is 0.119 e. The van der Waals surface area contributed by atoms with Gasteiger partial charge in [0.25, 0.3) is 0 Å². The van der Waals surface area contributed by atoms with Gasteiger partial charge in [-0.15, -0.1) is 0 Å². The second-order valence-corrected chi connectivity index (χ2v) is 3.20. The maximum Gasteiger partial charge on any atom is 0.119 e. The monoisotopic (exact) mass is 193 g/mol. The highest BCUT2D eigenvalue weighted by Gasteiger charge is 1.95. The molecule has 0 aliphatic rings. The van der Waals surface area contributed by atoms with E-state index >= 15 is 0 Å². The Morgan fingerprint density at radius 2 is 2.00 bits per heavy atom. The summed E-state index contributed by atoms with van der Waals surface area (Å²) in [5.41, 5.74) is 2.02. The lowest BCUT2D eigenvalue weighted by Gasteiger charge is -2.06. The van der Waals surface area contributed by atoms with Crippen LogP contribution in [-0.2, 0) is 11.4 Å². The second-order valence-electron chi connectivity index (χ2n) is 3.20. The van der Waals surface area contributed by atoms with Crippen LogP contribution in [0.1, 0.15) is 12.5 Å². The molecule has 0 bridgehead atoms. The molecular weight excluding hydrogens is 178 g/mol. The highest BCUT2D eigenvalue weighted by molar-refractivity contribution is 5.27. The minimum absolute atomic E-state index is 0.417. The van der Waals surface area contributed by atoms with Crippen LogP contribution in [0.5, 0.6) is 5.75 Å². The number of hydrogen-bond acceptors (Lipinski definition) is 3. The fraction of sp³-hybridized carbons (Fsp3) is 0.273. The Bertz CT molecular complexity index is 293. The largest absolute Gasteiger partial charge is 0.489 e. The molecule has 2 N–H and O–H groups in total. The molecule has 0 aliphatic carbocycles. The van der Waals surface area contributed by atoms with Gasteiger partial charge in [0.2, 0.25) is 0 Å². The Labute approximate surface area is 84.1 Å². The van der Waals surface area contributed by atoms with E-state index in [4.69, 9.17) is 10.6 Å². The summed E-state index contributed by atoms with van der Waals surface area (Å²) in [5, 5.41) is 0. The van der Waals surface area contributed by atoms with Crippen LogP contribution in [0.15, 0.2) is 36.4 Å². The number of nitrogens with two attached hydrogens (primary N) is 1. The van der Waals surface area contributed by atoms with Crippen molar-refractivity contribution in [1.82, 2.24) is 0 Å². The molecule has 0 heterocycles. The Kier molecular flexibility index (Phi) is 4.16. The summed E-state index contributed by atoms with van der Waals surface area (Å²) >= 11 is 0. The molecule has 0 saturated carbocycles. The van der Waals surface area contributed by atoms with E-state index in [1.54, 1.807) is 0 Å². The summed E-state index contributed by atoms with van der Waals surface area (Å²) in [6, 6.07) is 7.61. The first kappa shape index (κ1) is 10.8. The van der Waals surface area contributed by atoms with Gasteiger partial charge in [-0.05, 0) is 30.2 Å². The molecule has 0 saturated heterocycles. The Morgan fingerprint density at radius 1 is 1.36 bits per heavy atom. The van der Waals surface area contributed by atoms with E-state index in [0.29, 0.717) is 13.2 Å². The van der Waals surface area contributed by atoms with Crippen molar-refractivity contribution in [3.8, 4) is 5.75 Å². The van der Waals surface area contributed by atoms with E-state index in [0.717, 1.165) is 16.9 Å². The predicted octanol–water partition coefficient (Wildman–Crippen LogP) is 2.03. The molecule has 14 heavy (non-hydrogen) atoms. The van der Waals surface area contributed by atoms with E-state index < -0.39 is 0 Å². The van der Waals surface area contributed by atoms with Crippen LogP contribution in [-0.4, -0.2) is 6.61 Å². The van der Waals surface area contributed by atoms with Crippen molar-refractivity contribution in [1.29, 1.82) is 0 Å². The molecule has 1 rings (SSSR count). The molecule has 0 radical (unpaired) electrons.